The van der Waals surface area contributed by atoms with Crippen molar-refractivity contribution < 1.29 is 9.53 Å². The first kappa shape index (κ1) is 18.9. The van der Waals surface area contributed by atoms with E-state index in [1.807, 2.05) is 49.9 Å². The lowest BCUT2D eigenvalue weighted by Crippen LogP contribution is -2.49. The van der Waals surface area contributed by atoms with E-state index in [9.17, 15) is 4.79 Å². The highest BCUT2D eigenvalue weighted by atomic mass is 16.5. The monoisotopic (exact) mass is 369 g/mol. The third-order valence-electron chi connectivity index (χ3n) is 4.35. The largest absolute Gasteiger partial charge is 0.495 e. The number of methoxy groups -OCH3 is 1. The van der Waals surface area contributed by atoms with Gasteiger partial charge in [0.2, 0.25) is 5.95 Å². The molecule has 0 saturated carbocycles. The molecule has 1 N–H and O–H groups in total. The Bertz CT molecular complexity index is 795. The van der Waals surface area contributed by atoms with Crippen molar-refractivity contribution in [1.82, 2.24) is 14.9 Å². The van der Waals surface area contributed by atoms with Gasteiger partial charge in [-0.05, 0) is 39.0 Å². The van der Waals surface area contributed by atoms with Crippen LogP contribution in [0.15, 0.2) is 36.5 Å². The standard InChI is InChI=1S/C20H27N5O2/c1-20(2,3)23-19-21-10-9-15(22-19)18(26)25-13-11-24(12-14-25)16-7-5-6-8-17(16)27-4/h5-10H,11-14H2,1-4H3,(H,21,22,23). The number of hydrogen-bond donors (Lipinski definition) is 1. The second kappa shape index (κ2) is 7.82. The number of carbonyl (C=O) groups is 1. The first-order chi connectivity index (χ1) is 12.9. The van der Waals surface area contributed by atoms with Crippen molar-refractivity contribution in [3.05, 3.63) is 42.2 Å². The number of rotatable bonds is 4. The molecule has 2 heterocycles. The summed E-state index contributed by atoms with van der Waals surface area (Å²) in [6.45, 7) is 8.88. The maximum Gasteiger partial charge on any atom is 0.272 e. The lowest BCUT2D eigenvalue weighted by atomic mass is 10.1. The number of nitrogens with zero attached hydrogens (tertiary/aromatic N) is 4. The predicted molar refractivity (Wildman–Crippen MR) is 107 cm³/mol. The van der Waals surface area contributed by atoms with E-state index >= 15 is 0 Å². The smallest absolute Gasteiger partial charge is 0.272 e. The zero-order valence-corrected chi connectivity index (χ0v) is 16.4. The normalized spacial score (nSPS) is 14.8. The Morgan fingerprint density at radius 3 is 2.48 bits per heavy atom. The Hall–Kier alpha value is -2.83. The Balaban J connectivity index is 1.66. The number of nitrogens with one attached hydrogen (secondary N) is 1. The second-order valence-corrected chi connectivity index (χ2v) is 7.59. The molecule has 0 bridgehead atoms. The number of anilines is 2. The Labute approximate surface area is 160 Å². The number of para-hydroxylation sites is 2. The Kier molecular flexibility index (Phi) is 5.48. The van der Waals surface area contributed by atoms with Gasteiger partial charge in [-0.2, -0.15) is 0 Å². The molecule has 0 aliphatic carbocycles. The first-order valence-electron chi connectivity index (χ1n) is 9.16. The lowest BCUT2D eigenvalue weighted by molar-refractivity contribution is 0.0740. The fraction of sp³-hybridized carbons (Fsp3) is 0.450. The number of benzene rings is 1. The van der Waals surface area contributed by atoms with Gasteiger partial charge >= 0.3 is 0 Å². The summed E-state index contributed by atoms with van der Waals surface area (Å²) in [5.41, 5.74) is 1.32. The third-order valence-corrected chi connectivity index (χ3v) is 4.35. The van der Waals surface area contributed by atoms with Crippen LogP contribution >= 0.6 is 0 Å². The van der Waals surface area contributed by atoms with E-state index < -0.39 is 0 Å². The van der Waals surface area contributed by atoms with Crippen molar-refractivity contribution in [2.45, 2.75) is 26.3 Å². The molecule has 27 heavy (non-hydrogen) atoms. The van der Waals surface area contributed by atoms with Crippen LogP contribution in [-0.4, -0.2) is 59.6 Å². The summed E-state index contributed by atoms with van der Waals surface area (Å²) in [5, 5.41) is 3.21. The van der Waals surface area contributed by atoms with Gasteiger partial charge in [-0.1, -0.05) is 12.1 Å². The van der Waals surface area contributed by atoms with Crippen molar-refractivity contribution in [3.8, 4) is 5.75 Å². The Morgan fingerprint density at radius 1 is 1.11 bits per heavy atom. The SMILES string of the molecule is COc1ccccc1N1CCN(C(=O)c2ccnc(NC(C)(C)C)n2)CC1. The van der Waals surface area contributed by atoms with Crippen LogP contribution in [0, 0.1) is 0 Å². The van der Waals surface area contributed by atoms with E-state index in [4.69, 9.17) is 4.74 Å². The van der Waals surface area contributed by atoms with Gasteiger partial charge in [0.1, 0.15) is 11.4 Å². The van der Waals surface area contributed by atoms with Crippen LogP contribution < -0.4 is 15.0 Å². The van der Waals surface area contributed by atoms with Crippen LogP contribution in [0.5, 0.6) is 5.75 Å². The van der Waals surface area contributed by atoms with Crippen LogP contribution in [0.1, 0.15) is 31.3 Å². The van der Waals surface area contributed by atoms with Crippen LogP contribution in [0.3, 0.4) is 0 Å². The molecule has 0 spiro atoms. The molecule has 0 radical (unpaired) electrons. The van der Waals surface area contributed by atoms with Crippen molar-refractivity contribution >= 4 is 17.5 Å². The van der Waals surface area contributed by atoms with E-state index in [-0.39, 0.29) is 11.4 Å². The fourth-order valence-electron chi connectivity index (χ4n) is 3.08. The van der Waals surface area contributed by atoms with Crippen molar-refractivity contribution in [1.29, 1.82) is 0 Å². The highest BCUT2D eigenvalue weighted by Gasteiger charge is 2.25. The fourth-order valence-corrected chi connectivity index (χ4v) is 3.08. The number of amides is 1. The van der Waals surface area contributed by atoms with Gasteiger partial charge in [0.05, 0.1) is 12.8 Å². The molecular formula is C20H27N5O2. The minimum absolute atomic E-state index is 0.0611. The molecule has 0 unspecified atom stereocenters. The minimum Gasteiger partial charge on any atom is -0.495 e. The molecule has 1 amide bonds. The van der Waals surface area contributed by atoms with Gasteiger partial charge in [0.25, 0.3) is 5.91 Å². The van der Waals surface area contributed by atoms with Gasteiger partial charge in [0, 0.05) is 37.9 Å². The molecule has 1 aliphatic rings. The topological polar surface area (TPSA) is 70.6 Å². The van der Waals surface area contributed by atoms with Gasteiger partial charge in [0.15, 0.2) is 0 Å². The quantitative estimate of drug-likeness (QED) is 0.893. The van der Waals surface area contributed by atoms with E-state index in [1.54, 1.807) is 19.4 Å². The van der Waals surface area contributed by atoms with Crippen LogP contribution in [0.4, 0.5) is 11.6 Å². The van der Waals surface area contributed by atoms with Crippen LogP contribution in [0.25, 0.3) is 0 Å². The molecule has 1 aromatic carbocycles. The average Bonchev–Trinajstić information content (AvgIpc) is 2.66. The molecule has 144 valence electrons. The van der Waals surface area contributed by atoms with Crippen molar-refractivity contribution in [2.75, 3.05) is 43.5 Å². The number of carbonyl (C=O) groups excluding carboxylic acids is 1. The summed E-state index contributed by atoms with van der Waals surface area (Å²) in [5.74, 6) is 1.26. The van der Waals surface area contributed by atoms with Crippen molar-refractivity contribution in [3.63, 3.8) is 0 Å². The summed E-state index contributed by atoms with van der Waals surface area (Å²) >= 11 is 0. The van der Waals surface area contributed by atoms with Crippen LogP contribution in [-0.2, 0) is 0 Å². The van der Waals surface area contributed by atoms with Gasteiger partial charge in [-0.15, -0.1) is 0 Å². The molecule has 3 rings (SSSR count). The number of piperazine rings is 1. The number of ether oxygens (including phenoxy) is 1. The van der Waals surface area contributed by atoms with Crippen LogP contribution in [0.2, 0.25) is 0 Å². The van der Waals surface area contributed by atoms with E-state index in [0.717, 1.165) is 24.5 Å². The van der Waals surface area contributed by atoms with E-state index in [1.165, 1.54) is 0 Å². The summed E-state index contributed by atoms with van der Waals surface area (Å²) in [4.78, 5) is 25.5. The van der Waals surface area contributed by atoms with E-state index in [0.29, 0.717) is 24.7 Å². The zero-order chi connectivity index (χ0) is 19.4. The summed E-state index contributed by atoms with van der Waals surface area (Å²) in [7, 11) is 1.68. The molecule has 7 nitrogen and oxygen atoms in total. The molecule has 1 aromatic heterocycles. The molecule has 0 atom stereocenters. The second-order valence-electron chi connectivity index (χ2n) is 7.59. The molecular weight excluding hydrogens is 342 g/mol. The molecule has 1 fully saturated rings. The van der Waals surface area contributed by atoms with Gasteiger partial charge < -0.3 is 19.9 Å². The predicted octanol–water partition coefficient (Wildman–Crippen LogP) is 2.66. The highest BCUT2D eigenvalue weighted by molar-refractivity contribution is 5.92. The Morgan fingerprint density at radius 2 is 1.81 bits per heavy atom. The van der Waals surface area contributed by atoms with Crippen molar-refractivity contribution in [2.24, 2.45) is 0 Å². The van der Waals surface area contributed by atoms with E-state index in [2.05, 4.69) is 20.2 Å². The summed E-state index contributed by atoms with van der Waals surface area (Å²) < 4.78 is 5.45. The lowest BCUT2D eigenvalue weighted by Gasteiger charge is -2.36. The van der Waals surface area contributed by atoms with Gasteiger partial charge in [-0.3, -0.25) is 4.79 Å². The maximum absolute atomic E-state index is 12.8. The average molecular weight is 369 g/mol. The first-order valence-corrected chi connectivity index (χ1v) is 9.16. The molecule has 1 saturated heterocycles. The number of hydrogen-bond acceptors (Lipinski definition) is 6. The molecule has 2 aromatic rings. The molecule has 1 aliphatic heterocycles. The zero-order valence-electron chi connectivity index (χ0n) is 16.4. The third kappa shape index (κ3) is 4.67. The minimum atomic E-state index is -0.165. The van der Waals surface area contributed by atoms with Gasteiger partial charge in [-0.25, -0.2) is 9.97 Å². The summed E-state index contributed by atoms with van der Waals surface area (Å²) in [6, 6.07) is 9.63. The highest BCUT2D eigenvalue weighted by Crippen LogP contribution is 2.28. The number of aromatic nitrogens is 2. The summed E-state index contributed by atoms with van der Waals surface area (Å²) in [6.07, 6.45) is 1.62. The maximum atomic E-state index is 12.8. The molecule has 7 heteroatoms.